The monoisotopic (exact) mass is 354 g/mol. The van der Waals surface area contributed by atoms with E-state index in [1.807, 2.05) is 35.8 Å². The lowest BCUT2D eigenvalue weighted by Gasteiger charge is -2.35. The maximum absolute atomic E-state index is 13.2. The number of amides is 2. The molecule has 5 heteroatoms. The highest BCUT2D eigenvalue weighted by Gasteiger charge is 2.42. The second-order valence-electron chi connectivity index (χ2n) is 7.73. The molecule has 3 aliphatic heterocycles. The topological polar surface area (TPSA) is 53.8 Å². The van der Waals surface area contributed by atoms with Gasteiger partial charge in [-0.3, -0.25) is 9.59 Å². The van der Waals surface area contributed by atoms with Crippen molar-refractivity contribution in [2.24, 2.45) is 5.92 Å². The van der Waals surface area contributed by atoms with E-state index >= 15 is 0 Å². The van der Waals surface area contributed by atoms with Crippen molar-refractivity contribution in [2.75, 3.05) is 19.6 Å². The summed E-state index contributed by atoms with van der Waals surface area (Å²) < 4.78 is 5.91. The fourth-order valence-corrected chi connectivity index (χ4v) is 4.42. The van der Waals surface area contributed by atoms with Crippen LogP contribution in [0.15, 0.2) is 22.6 Å². The first-order chi connectivity index (χ1) is 12.5. The Morgan fingerprint density at radius 2 is 2.04 bits per heavy atom. The van der Waals surface area contributed by atoms with Gasteiger partial charge in [0.1, 0.15) is 5.58 Å². The second kappa shape index (κ2) is 6.45. The third kappa shape index (κ3) is 2.70. The summed E-state index contributed by atoms with van der Waals surface area (Å²) in [5.74, 6) is 0.479. The number of piperidine rings is 1. The Labute approximate surface area is 153 Å². The molecule has 1 aromatic carbocycles. The zero-order valence-electron chi connectivity index (χ0n) is 15.7. The molecule has 5 nitrogen and oxygen atoms in total. The molecule has 3 aliphatic rings. The van der Waals surface area contributed by atoms with E-state index in [9.17, 15) is 9.59 Å². The molecule has 3 fully saturated rings. The normalized spacial score (nSPS) is 23.0. The zero-order chi connectivity index (χ0) is 18.4. The van der Waals surface area contributed by atoms with Crippen molar-refractivity contribution in [3.8, 4) is 0 Å². The summed E-state index contributed by atoms with van der Waals surface area (Å²) in [6.07, 6.45) is 2.81. The van der Waals surface area contributed by atoms with Gasteiger partial charge in [0.2, 0.25) is 5.91 Å². The Kier molecular flexibility index (Phi) is 4.25. The van der Waals surface area contributed by atoms with Gasteiger partial charge in [-0.15, -0.1) is 0 Å². The van der Waals surface area contributed by atoms with Crippen molar-refractivity contribution in [3.63, 3.8) is 0 Å². The molecule has 0 saturated carbocycles. The lowest BCUT2D eigenvalue weighted by atomic mass is 9.94. The molecule has 4 heterocycles. The number of carbonyl (C=O) groups is 2. The molecule has 5 rings (SSSR count). The summed E-state index contributed by atoms with van der Waals surface area (Å²) in [5.41, 5.74) is 2.79. The van der Waals surface area contributed by atoms with Crippen LogP contribution in [0.5, 0.6) is 0 Å². The van der Waals surface area contributed by atoms with E-state index in [0.29, 0.717) is 18.8 Å². The Morgan fingerprint density at radius 3 is 2.81 bits per heavy atom. The van der Waals surface area contributed by atoms with Gasteiger partial charge in [0, 0.05) is 36.6 Å². The first-order valence-electron chi connectivity index (χ1n) is 9.59. The number of rotatable bonds is 3. The Morgan fingerprint density at radius 1 is 1.23 bits per heavy atom. The molecule has 3 saturated heterocycles. The highest BCUT2D eigenvalue weighted by atomic mass is 16.3. The predicted octanol–water partition coefficient (Wildman–Crippen LogP) is 3.52. The van der Waals surface area contributed by atoms with Crippen LogP contribution in [0.2, 0.25) is 0 Å². The molecular weight excluding hydrogens is 328 g/mol. The van der Waals surface area contributed by atoms with Crippen LogP contribution in [0.4, 0.5) is 0 Å². The highest BCUT2D eigenvalue weighted by molar-refractivity contribution is 5.99. The van der Waals surface area contributed by atoms with Gasteiger partial charge in [0.15, 0.2) is 5.76 Å². The van der Waals surface area contributed by atoms with Crippen molar-refractivity contribution in [3.05, 3.63) is 35.1 Å². The van der Waals surface area contributed by atoms with Gasteiger partial charge >= 0.3 is 0 Å². The molecule has 0 spiro atoms. The number of furan rings is 1. The number of carbonyl (C=O) groups excluding carboxylic acids is 2. The van der Waals surface area contributed by atoms with Crippen LogP contribution in [0.25, 0.3) is 11.0 Å². The van der Waals surface area contributed by atoms with E-state index in [1.165, 1.54) is 0 Å². The number of fused-ring (bicyclic) bond motifs is 5. The van der Waals surface area contributed by atoms with Crippen molar-refractivity contribution in [2.45, 2.75) is 46.1 Å². The molecule has 0 N–H and O–H groups in total. The largest absolute Gasteiger partial charge is 0.451 e. The van der Waals surface area contributed by atoms with Crippen molar-refractivity contribution >= 4 is 22.8 Å². The molecule has 2 bridgehead atoms. The van der Waals surface area contributed by atoms with Crippen LogP contribution in [-0.4, -0.2) is 47.3 Å². The highest BCUT2D eigenvalue weighted by Crippen LogP contribution is 2.32. The molecule has 2 atom stereocenters. The minimum Gasteiger partial charge on any atom is -0.451 e. The Bertz CT molecular complexity index is 870. The van der Waals surface area contributed by atoms with Crippen LogP contribution in [0, 0.1) is 19.8 Å². The second-order valence-corrected chi connectivity index (χ2v) is 7.73. The third-order valence-electron chi connectivity index (χ3n) is 5.83. The summed E-state index contributed by atoms with van der Waals surface area (Å²) in [5, 5.41) is 0.995. The average Bonchev–Trinajstić information content (AvgIpc) is 2.77. The molecule has 2 aromatic rings. The van der Waals surface area contributed by atoms with Crippen LogP contribution in [0.1, 0.15) is 47.9 Å². The number of nitrogens with zero attached hydrogens (tertiary/aromatic N) is 2. The van der Waals surface area contributed by atoms with E-state index in [4.69, 9.17) is 4.42 Å². The molecule has 0 unspecified atom stereocenters. The lowest BCUT2D eigenvalue weighted by molar-refractivity contribution is -0.139. The van der Waals surface area contributed by atoms with Crippen LogP contribution in [0.3, 0.4) is 0 Å². The van der Waals surface area contributed by atoms with Crippen molar-refractivity contribution in [1.82, 2.24) is 9.80 Å². The number of hydrogen-bond acceptors (Lipinski definition) is 3. The first kappa shape index (κ1) is 17.1. The predicted molar refractivity (Wildman–Crippen MR) is 100 cm³/mol. The summed E-state index contributed by atoms with van der Waals surface area (Å²) in [7, 11) is 0. The Hall–Kier alpha value is -2.30. The SMILES string of the molecule is CCCN1C(=O)[C@@H]2CC[C@H]1CN(C(=O)c1oc3ccc(C)cc3c1C)C2. The van der Waals surface area contributed by atoms with Gasteiger partial charge in [-0.25, -0.2) is 0 Å². The van der Waals surface area contributed by atoms with Gasteiger partial charge in [0.05, 0.1) is 5.92 Å². The number of hydrogen-bond donors (Lipinski definition) is 0. The van der Waals surface area contributed by atoms with E-state index in [1.54, 1.807) is 0 Å². The van der Waals surface area contributed by atoms with E-state index in [0.717, 1.165) is 47.9 Å². The van der Waals surface area contributed by atoms with Gasteiger partial charge in [-0.2, -0.15) is 0 Å². The smallest absolute Gasteiger partial charge is 0.289 e. The minimum atomic E-state index is -0.0839. The van der Waals surface area contributed by atoms with E-state index < -0.39 is 0 Å². The number of benzene rings is 1. The quantitative estimate of drug-likeness (QED) is 0.847. The maximum Gasteiger partial charge on any atom is 0.289 e. The van der Waals surface area contributed by atoms with Gasteiger partial charge in [-0.1, -0.05) is 18.6 Å². The fourth-order valence-electron chi connectivity index (χ4n) is 4.42. The average molecular weight is 354 g/mol. The van der Waals surface area contributed by atoms with Crippen LogP contribution < -0.4 is 0 Å². The lowest BCUT2D eigenvalue weighted by Crippen LogP contribution is -2.48. The van der Waals surface area contributed by atoms with Gasteiger partial charge in [0.25, 0.3) is 5.91 Å². The molecule has 1 aromatic heterocycles. The Balaban J connectivity index is 1.65. The van der Waals surface area contributed by atoms with Gasteiger partial charge in [-0.05, 0) is 45.2 Å². The zero-order valence-corrected chi connectivity index (χ0v) is 15.7. The van der Waals surface area contributed by atoms with E-state index in [2.05, 4.69) is 13.0 Å². The molecule has 0 aliphatic carbocycles. The molecule has 0 radical (unpaired) electrons. The molecule has 138 valence electrons. The minimum absolute atomic E-state index is 0.0730. The molecular formula is C21H26N2O3. The van der Waals surface area contributed by atoms with Crippen LogP contribution in [-0.2, 0) is 4.79 Å². The van der Waals surface area contributed by atoms with Gasteiger partial charge < -0.3 is 14.2 Å². The van der Waals surface area contributed by atoms with Crippen LogP contribution >= 0.6 is 0 Å². The van der Waals surface area contributed by atoms with Crippen molar-refractivity contribution in [1.29, 1.82) is 0 Å². The maximum atomic E-state index is 13.2. The molecule has 26 heavy (non-hydrogen) atoms. The van der Waals surface area contributed by atoms with E-state index in [-0.39, 0.29) is 23.8 Å². The summed E-state index contributed by atoms with van der Waals surface area (Å²) in [6, 6.07) is 6.11. The molecule has 2 amide bonds. The first-order valence-corrected chi connectivity index (χ1v) is 9.59. The third-order valence-corrected chi connectivity index (χ3v) is 5.83. The number of aryl methyl sites for hydroxylation is 2. The summed E-state index contributed by atoms with van der Waals surface area (Å²) in [4.78, 5) is 29.8. The summed E-state index contributed by atoms with van der Waals surface area (Å²) >= 11 is 0. The fraction of sp³-hybridized carbons (Fsp3) is 0.524. The van der Waals surface area contributed by atoms with Crippen molar-refractivity contribution < 1.29 is 14.0 Å². The summed E-state index contributed by atoms with van der Waals surface area (Å²) in [6.45, 7) is 7.97. The standard InChI is InChI=1S/C21H26N2O3/c1-4-9-23-16-7-6-15(20(23)24)11-22(12-16)21(25)19-14(3)17-10-13(2)5-8-18(17)26-19/h5,8,10,15-16H,4,6-7,9,11-12H2,1-3H3/t15-,16+/m1/s1.